The monoisotopic (exact) mass is 247 g/mol. The largest absolute Gasteiger partial charge is 0.508 e. The lowest BCUT2D eigenvalue weighted by Gasteiger charge is -2.25. The molecule has 100 valence electrons. The van der Waals surface area contributed by atoms with Crippen LogP contribution in [0.3, 0.4) is 0 Å². The van der Waals surface area contributed by atoms with Crippen LogP contribution in [0.15, 0.2) is 24.3 Å². The smallest absolute Gasteiger partial charge is 0.115 e. The highest BCUT2D eigenvalue weighted by atomic mass is 16.3. The average Bonchev–Trinajstić information content (AvgIpc) is 2.83. The van der Waals surface area contributed by atoms with Crippen molar-refractivity contribution in [2.45, 2.75) is 39.0 Å². The van der Waals surface area contributed by atoms with Crippen molar-refractivity contribution in [3.8, 4) is 5.75 Å². The molecule has 1 aliphatic rings. The third-order valence-corrected chi connectivity index (χ3v) is 4.29. The van der Waals surface area contributed by atoms with E-state index in [4.69, 9.17) is 0 Å². The first kappa shape index (κ1) is 13.4. The summed E-state index contributed by atoms with van der Waals surface area (Å²) in [6, 6.07) is 7.79. The Morgan fingerprint density at radius 1 is 1.44 bits per heavy atom. The van der Waals surface area contributed by atoms with E-state index in [1.54, 1.807) is 6.07 Å². The third kappa shape index (κ3) is 3.26. The van der Waals surface area contributed by atoms with Crippen LogP contribution in [0, 0.1) is 11.8 Å². The van der Waals surface area contributed by atoms with Gasteiger partial charge in [0.2, 0.25) is 0 Å². The maximum atomic E-state index is 9.61. The first-order chi connectivity index (χ1) is 8.70. The molecular formula is C16H25NO. The molecule has 2 heteroatoms. The van der Waals surface area contributed by atoms with Gasteiger partial charge >= 0.3 is 0 Å². The van der Waals surface area contributed by atoms with Gasteiger partial charge in [-0.3, -0.25) is 0 Å². The molecule has 0 saturated carbocycles. The fourth-order valence-corrected chi connectivity index (χ4v) is 3.33. The van der Waals surface area contributed by atoms with E-state index >= 15 is 0 Å². The molecule has 1 saturated heterocycles. The van der Waals surface area contributed by atoms with E-state index in [0.717, 1.165) is 12.3 Å². The summed E-state index contributed by atoms with van der Waals surface area (Å²) in [6.07, 6.45) is 3.76. The first-order valence-electron chi connectivity index (χ1n) is 7.20. The second-order valence-corrected chi connectivity index (χ2v) is 5.68. The summed E-state index contributed by atoms with van der Waals surface area (Å²) in [4.78, 5) is 0. The number of aromatic hydroxyl groups is 1. The normalized spacial score (nSPS) is 22.9. The van der Waals surface area contributed by atoms with Crippen molar-refractivity contribution in [2.24, 2.45) is 11.8 Å². The van der Waals surface area contributed by atoms with Crippen molar-refractivity contribution < 1.29 is 5.11 Å². The molecule has 0 bridgehead atoms. The highest BCUT2D eigenvalue weighted by Gasteiger charge is 2.23. The van der Waals surface area contributed by atoms with Gasteiger partial charge in [0.1, 0.15) is 5.75 Å². The molecule has 0 aliphatic carbocycles. The number of hydrogen-bond acceptors (Lipinski definition) is 2. The van der Waals surface area contributed by atoms with E-state index in [2.05, 4.69) is 25.2 Å². The van der Waals surface area contributed by atoms with Gasteiger partial charge in [-0.05, 0) is 67.8 Å². The molecule has 2 rings (SSSR count). The van der Waals surface area contributed by atoms with Crippen LogP contribution >= 0.6 is 0 Å². The molecule has 0 spiro atoms. The Bertz CT molecular complexity index is 371. The molecule has 1 heterocycles. The molecule has 1 aromatic rings. The second kappa shape index (κ2) is 6.24. The number of benzene rings is 1. The van der Waals surface area contributed by atoms with Crippen LogP contribution < -0.4 is 5.32 Å². The third-order valence-electron chi connectivity index (χ3n) is 4.29. The Labute approximate surface area is 110 Å². The number of hydrogen-bond donors (Lipinski definition) is 2. The van der Waals surface area contributed by atoms with E-state index in [1.807, 2.05) is 12.1 Å². The minimum Gasteiger partial charge on any atom is -0.508 e. The molecule has 1 aromatic carbocycles. The van der Waals surface area contributed by atoms with Gasteiger partial charge in [-0.15, -0.1) is 0 Å². The van der Waals surface area contributed by atoms with Gasteiger partial charge in [0.15, 0.2) is 0 Å². The van der Waals surface area contributed by atoms with Gasteiger partial charge < -0.3 is 10.4 Å². The summed E-state index contributed by atoms with van der Waals surface area (Å²) in [5.41, 5.74) is 1.29. The van der Waals surface area contributed by atoms with Crippen LogP contribution in [0.4, 0.5) is 0 Å². The van der Waals surface area contributed by atoms with Crippen LogP contribution in [0.2, 0.25) is 0 Å². The standard InChI is InChI=1S/C16H25NO/c1-3-16(14-5-4-6-15(18)10-14)12(2)9-13-7-8-17-11-13/h4-6,10,12-13,16-18H,3,7-9,11H2,1-2H3/t12-,13?,16-/m1/s1. The Morgan fingerprint density at radius 3 is 2.89 bits per heavy atom. The molecule has 2 N–H and O–H groups in total. The van der Waals surface area contributed by atoms with E-state index in [1.165, 1.54) is 31.5 Å². The lowest BCUT2D eigenvalue weighted by molar-refractivity contribution is 0.350. The van der Waals surface area contributed by atoms with Crippen LogP contribution in [0.5, 0.6) is 5.75 Å². The summed E-state index contributed by atoms with van der Waals surface area (Å²) in [5, 5.41) is 13.1. The molecule has 1 fully saturated rings. The highest BCUT2D eigenvalue weighted by molar-refractivity contribution is 5.30. The van der Waals surface area contributed by atoms with E-state index in [9.17, 15) is 5.11 Å². The van der Waals surface area contributed by atoms with Crippen molar-refractivity contribution in [3.63, 3.8) is 0 Å². The molecule has 18 heavy (non-hydrogen) atoms. The lowest BCUT2D eigenvalue weighted by Crippen LogP contribution is -2.16. The summed E-state index contributed by atoms with van der Waals surface area (Å²) < 4.78 is 0. The fraction of sp³-hybridized carbons (Fsp3) is 0.625. The molecule has 0 amide bonds. The Hall–Kier alpha value is -1.02. The molecule has 0 aromatic heterocycles. The molecule has 3 atom stereocenters. The lowest BCUT2D eigenvalue weighted by atomic mass is 9.80. The Balaban J connectivity index is 2.02. The van der Waals surface area contributed by atoms with Gasteiger partial charge in [0.25, 0.3) is 0 Å². The van der Waals surface area contributed by atoms with Gasteiger partial charge in [0.05, 0.1) is 0 Å². The fourth-order valence-electron chi connectivity index (χ4n) is 3.33. The summed E-state index contributed by atoms with van der Waals surface area (Å²) in [7, 11) is 0. The SMILES string of the molecule is CC[C@@H](c1cccc(O)c1)[C@H](C)CC1CCNC1. The minimum atomic E-state index is 0.390. The van der Waals surface area contributed by atoms with Crippen LogP contribution in [-0.4, -0.2) is 18.2 Å². The maximum Gasteiger partial charge on any atom is 0.115 e. The van der Waals surface area contributed by atoms with Crippen LogP contribution in [-0.2, 0) is 0 Å². The molecular weight excluding hydrogens is 222 g/mol. The number of rotatable bonds is 5. The average molecular weight is 247 g/mol. The Kier molecular flexibility index (Phi) is 4.65. The highest BCUT2D eigenvalue weighted by Crippen LogP contribution is 2.34. The molecule has 0 radical (unpaired) electrons. The molecule has 1 unspecified atom stereocenters. The zero-order valence-corrected chi connectivity index (χ0v) is 11.5. The van der Waals surface area contributed by atoms with E-state index in [0.29, 0.717) is 17.6 Å². The predicted molar refractivity (Wildman–Crippen MR) is 75.9 cm³/mol. The first-order valence-corrected chi connectivity index (χ1v) is 7.20. The van der Waals surface area contributed by atoms with E-state index in [-0.39, 0.29) is 0 Å². The van der Waals surface area contributed by atoms with Crippen molar-refractivity contribution in [2.75, 3.05) is 13.1 Å². The second-order valence-electron chi connectivity index (χ2n) is 5.68. The maximum absolute atomic E-state index is 9.61. The molecule has 1 aliphatic heterocycles. The topological polar surface area (TPSA) is 32.3 Å². The van der Waals surface area contributed by atoms with Gasteiger partial charge in [-0.25, -0.2) is 0 Å². The van der Waals surface area contributed by atoms with E-state index < -0.39 is 0 Å². The van der Waals surface area contributed by atoms with Gasteiger partial charge in [-0.2, -0.15) is 0 Å². The van der Waals surface area contributed by atoms with Gasteiger partial charge in [0, 0.05) is 0 Å². The summed E-state index contributed by atoms with van der Waals surface area (Å²) >= 11 is 0. The van der Waals surface area contributed by atoms with Crippen molar-refractivity contribution in [1.82, 2.24) is 5.32 Å². The van der Waals surface area contributed by atoms with Gasteiger partial charge in [-0.1, -0.05) is 26.0 Å². The van der Waals surface area contributed by atoms with Crippen LogP contribution in [0.25, 0.3) is 0 Å². The zero-order valence-electron chi connectivity index (χ0n) is 11.5. The number of nitrogens with one attached hydrogen (secondary N) is 1. The summed E-state index contributed by atoms with van der Waals surface area (Å²) in [5.74, 6) is 2.48. The zero-order chi connectivity index (χ0) is 13.0. The van der Waals surface area contributed by atoms with Crippen LogP contribution in [0.1, 0.15) is 44.6 Å². The van der Waals surface area contributed by atoms with Crippen molar-refractivity contribution in [1.29, 1.82) is 0 Å². The summed E-state index contributed by atoms with van der Waals surface area (Å²) in [6.45, 7) is 6.97. The molecule has 2 nitrogen and oxygen atoms in total. The predicted octanol–water partition coefficient (Wildman–Crippen LogP) is 3.52. The van der Waals surface area contributed by atoms with Crippen molar-refractivity contribution >= 4 is 0 Å². The number of phenols is 1. The Morgan fingerprint density at radius 2 is 2.28 bits per heavy atom. The minimum absolute atomic E-state index is 0.390. The number of phenolic OH excluding ortho intramolecular Hbond substituents is 1. The quantitative estimate of drug-likeness (QED) is 0.834. The van der Waals surface area contributed by atoms with Crippen molar-refractivity contribution in [3.05, 3.63) is 29.8 Å².